The van der Waals surface area contributed by atoms with E-state index < -0.39 is 5.25 Å². The predicted molar refractivity (Wildman–Crippen MR) is 165 cm³/mol. The number of hydrogen-bond acceptors (Lipinski definition) is 7. The van der Waals surface area contributed by atoms with Gasteiger partial charge in [-0.2, -0.15) is 0 Å². The van der Waals surface area contributed by atoms with Gasteiger partial charge in [-0.05, 0) is 35.9 Å². The standard InChI is InChI=1S/C32H27N3O4S2/c1-38-26-17-10-18-27(39-2)28(26)30(36)33-23-15-9-16-24(19-23)41-29(22-13-7-4-8-14-22)31(37)35-32-34-25(20-40-32)21-11-5-3-6-12-21/h3-20,29H,1-2H3,(H,33,36)(H,34,35,37). The second-order valence-electron chi connectivity index (χ2n) is 8.82. The van der Waals surface area contributed by atoms with E-state index in [1.54, 1.807) is 24.3 Å². The first kappa shape index (κ1) is 27.9. The summed E-state index contributed by atoms with van der Waals surface area (Å²) in [4.78, 5) is 32.2. The van der Waals surface area contributed by atoms with Gasteiger partial charge in [0.05, 0.1) is 19.9 Å². The number of benzene rings is 4. The van der Waals surface area contributed by atoms with Crippen LogP contribution in [0.3, 0.4) is 0 Å². The van der Waals surface area contributed by atoms with Crippen LogP contribution in [0.1, 0.15) is 21.2 Å². The maximum Gasteiger partial charge on any atom is 0.263 e. The quantitative estimate of drug-likeness (QED) is 0.166. The first-order valence-corrected chi connectivity index (χ1v) is 14.5. The second kappa shape index (κ2) is 13.2. The maximum absolute atomic E-state index is 13.6. The number of nitrogens with zero attached hydrogens (tertiary/aromatic N) is 1. The van der Waals surface area contributed by atoms with E-state index in [1.165, 1.54) is 37.3 Å². The number of aromatic nitrogens is 1. The van der Waals surface area contributed by atoms with Crippen LogP contribution in [0.25, 0.3) is 11.3 Å². The molecule has 1 unspecified atom stereocenters. The summed E-state index contributed by atoms with van der Waals surface area (Å²) in [6.07, 6.45) is 0. The Morgan fingerprint density at radius 3 is 2.15 bits per heavy atom. The normalized spacial score (nSPS) is 11.4. The SMILES string of the molecule is COc1cccc(OC)c1C(=O)Nc1cccc(SC(C(=O)Nc2nc(-c3ccccc3)cs2)c2ccccc2)c1. The third-order valence-corrected chi connectivity index (χ3v) is 8.15. The first-order chi connectivity index (χ1) is 20.1. The van der Waals surface area contributed by atoms with E-state index in [4.69, 9.17) is 9.47 Å². The average Bonchev–Trinajstić information content (AvgIpc) is 3.48. The number of hydrogen-bond donors (Lipinski definition) is 2. The van der Waals surface area contributed by atoms with Crippen LogP contribution in [0.4, 0.5) is 10.8 Å². The van der Waals surface area contributed by atoms with E-state index in [2.05, 4.69) is 15.6 Å². The molecule has 2 N–H and O–H groups in total. The van der Waals surface area contributed by atoms with Crippen LogP contribution in [0.2, 0.25) is 0 Å². The summed E-state index contributed by atoms with van der Waals surface area (Å²) in [7, 11) is 3.01. The molecule has 0 fully saturated rings. The minimum Gasteiger partial charge on any atom is -0.496 e. The fourth-order valence-corrected chi connectivity index (χ4v) is 6.00. The highest BCUT2D eigenvalue weighted by atomic mass is 32.2. The Kier molecular flexibility index (Phi) is 8.98. The van der Waals surface area contributed by atoms with Crippen molar-refractivity contribution in [3.8, 4) is 22.8 Å². The van der Waals surface area contributed by atoms with Crippen molar-refractivity contribution in [2.24, 2.45) is 0 Å². The molecular weight excluding hydrogens is 555 g/mol. The molecule has 1 heterocycles. The van der Waals surface area contributed by atoms with E-state index >= 15 is 0 Å². The zero-order valence-electron chi connectivity index (χ0n) is 22.4. The van der Waals surface area contributed by atoms with E-state index in [1.807, 2.05) is 84.2 Å². The number of amides is 2. The molecule has 0 aliphatic heterocycles. The van der Waals surface area contributed by atoms with E-state index in [-0.39, 0.29) is 11.8 Å². The number of ether oxygens (including phenoxy) is 2. The van der Waals surface area contributed by atoms with Crippen molar-refractivity contribution >= 4 is 45.7 Å². The lowest BCUT2D eigenvalue weighted by molar-refractivity contribution is -0.115. The lowest BCUT2D eigenvalue weighted by Gasteiger charge is -2.17. The Labute approximate surface area is 246 Å². The van der Waals surface area contributed by atoms with Crippen molar-refractivity contribution in [3.63, 3.8) is 0 Å². The van der Waals surface area contributed by atoms with Gasteiger partial charge in [0.25, 0.3) is 5.91 Å². The lowest BCUT2D eigenvalue weighted by Crippen LogP contribution is -2.19. The van der Waals surface area contributed by atoms with Crippen LogP contribution in [0.5, 0.6) is 11.5 Å². The molecule has 5 aromatic rings. The molecule has 1 atom stereocenters. The number of nitrogens with one attached hydrogen (secondary N) is 2. The van der Waals surface area contributed by atoms with Gasteiger partial charge in [-0.25, -0.2) is 4.98 Å². The van der Waals surface area contributed by atoms with Gasteiger partial charge in [-0.3, -0.25) is 9.59 Å². The number of anilines is 2. The molecule has 0 aliphatic rings. The summed E-state index contributed by atoms with van der Waals surface area (Å²) in [6.45, 7) is 0. The molecule has 206 valence electrons. The highest BCUT2D eigenvalue weighted by Crippen LogP contribution is 2.38. The number of thiazole rings is 1. The van der Waals surface area contributed by atoms with Gasteiger partial charge in [0.15, 0.2) is 5.13 Å². The smallest absolute Gasteiger partial charge is 0.263 e. The zero-order valence-corrected chi connectivity index (χ0v) is 24.0. The van der Waals surface area contributed by atoms with Gasteiger partial charge >= 0.3 is 0 Å². The van der Waals surface area contributed by atoms with Gasteiger partial charge in [-0.15, -0.1) is 23.1 Å². The Bertz CT molecular complexity index is 1620. The molecule has 4 aromatic carbocycles. The molecule has 0 saturated heterocycles. The predicted octanol–water partition coefficient (Wildman–Crippen LogP) is 7.55. The van der Waals surface area contributed by atoms with E-state index in [9.17, 15) is 9.59 Å². The Morgan fingerprint density at radius 2 is 1.46 bits per heavy atom. The number of methoxy groups -OCH3 is 2. The summed E-state index contributed by atoms with van der Waals surface area (Å²) < 4.78 is 10.8. The zero-order chi connectivity index (χ0) is 28.6. The van der Waals surface area contributed by atoms with Crippen molar-refractivity contribution in [2.45, 2.75) is 10.1 Å². The molecule has 0 spiro atoms. The molecule has 0 aliphatic carbocycles. The van der Waals surface area contributed by atoms with Gasteiger partial charge in [0.2, 0.25) is 5.91 Å². The largest absolute Gasteiger partial charge is 0.496 e. The minimum atomic E-state index is -0.555. The Hall–Kier alpha value is -4.60. The lowest BCUT2D eigenvalue weighted by atomic mass is 10.1. The topological polar surface area (TPSA) is 89.5 Å². The molecule has 1 aromatic heterocycles. The Balaban J connectivity index is 1.35. The summed E-state index contributed by atoms with van der Waals surface area (Å²) in [5, 5.41) is 7.83. The molecule has 0 radical (unpaired) electrons. The fourth-order valence-electron chi connectivity index (χ4n) is 4.20. The molecule has 5 rings (SSSR count). The summed E-state index contributed by atoms with van der Waals surface area (Å²) in [6, 6.07) is 32.0. The summed E-state index contributed by atoms with van der Waals surface area (Å²) in [5.41, 5.74) is 3.53. The second-order valence-corrected chi connectivity index (χ2v) is 10.9. The van der Waals surface area contributed by atoms with Crippen molar-refractivity contribution in [1.29, 1.82) is 0 Å². The highest BCUT2D eigenvalue weighted by Gasteiger charge is 2.24. The highest BCUT2D eigenvalue weighted by molar-refractivity contribution is 8.00. The van der Waals surface area contributed by atoms with Crippen LogP contribution in [-0.4, -0.2) is 31.0 Å². The van der Waals surface area contributed by atoms with Gasteiger partial charge < -0.3 is 20.1 Å². The summed E-state index contributed by atoms with van der Waals surface area (Å²) in [5.74, 6) is 0.261. The Morgan fingerprint density at radius 1 is 0.805 bits per heavy atom. The molecule has 7 nitrogen and oxygen atoms in total. The molecule has 2 amide bonds. The summed E-state index contributed by atoms with van der Waals surface area (Å²) >= 11 is 2.77. The van der Waals surface area contributed by atoms with E-state index in [0.29, 0.717) is 27.9 Å². The average molecular weight is 582 g/mol. The minimum absolute atomic E-state index is 0.191. The van der Waals surface area contributed by atoms with Crippen LogP contribution in [0.15, 0.2) is 113 Å². The fraction of sp³-hybridized carbons (Fsp3) is 0.0938. The van der Waals surface area contributed by atoms with E-state index in [0.717, 1.165) is 21.7 Å². The monoisotopic (exact) mass is 581 g/mol. The van der Waals surface area contributed by atoms with Crippen molar-refractivity contribution in [1.82, 2.24) is 4.98 Å². The molecular formula is C32H27N3O4S2. The number of thioether (sulfide) groups is 1. The van der Waals surface area contributed by atoms with Crippen LogP contribution in [0, 0.1) is 0 Å². The molecule has 41 heavy (non-hydrogen) atoms. The van der Waals surface area contributed by atoms with Crippen molar-refractivity contribution in [3.05, 3.63) is 120 Å². The number of carbonyl (C=O) groups excluding carboxylic acids is 2. The molecule has 0 bridgehead atoms. The number of rotatable bonds is 10. The van der Waals surface area contributed by atoms with Gasteiger partial charge in [-0.1, -0.05) is 72.8 Å². The van der Waals surface area contributed by atoms with Gasteiger partial charge in [0, 0.05) is 21.5 Å². The van der Waals surface area contributed by atoms with Crippen LogP contribution in [-0.2, 0) is 4.79 Å². The van der Waals surface area contributed by atoms with Crippen LogP contribution < -0.4 is 20.1 Å². The van der Waals surface area contributed by atoms with Gasteiger partial charge in [0.1, 0.15) is 22.3 Å². The van der Waals surface area contributed by atoms with Crippen molar-refractivity contribution in [2.75, 3.05) is 24.9 Å². The number of carbonyl (C=O) groups is 2. The maximum atomic E-state index is 13.6. The third kappa shape index (κ3) is 6.77. The van der Waals surface area contributed by atoms with Crippen molar-refractivity contribution < 1.29 is 19.1 Å². The first-order valence-electron chi connectivity index (χ1n) is 12.7. The molecule has 0 saturated carbocycles. The third-order valence-electron chi connectivity index (χ3n) is 6.15. The van der Waals surface area contributed by atoms with Crippen LogP contribution >= 0.6 is 23.1 Å². The molecule has 9 heteroatoms.